The maximum Gasteiger partial charge on any atom is 0.300 e. The van der Waals surface area contributed by atoms with Gasteiger partial charge in [-0.05, 0) is 97.1 Å². The minimum atomic E-state index is -0.833. The summed E-state index contributed by atoms with van der Waals surface area (Å²) < 4.78 is 11.1. The molecule has 6 nitrogen and oxygen atoms in total. The van der Waals surface area contributed by atoms with Crippen molar-refractivity contribution in [2.75, 3.05) is 0 Å². The quantitative estimate of drug-likeness (QED) is 0.143. The Morgan fingerprint density at radius 2 is 0.750 bits per heavy atom. The number of thiophene rings is 2. The minimum Gasteiger partial charge on any atom is -0.481 e. The fraction of sp³-hybridized carbons (Fsp3) is 0.0385. The average Bonchev–Trinajstić information content (AvgIpc) is 4.02. The molecule has 0 fully saturated rings. The molecule has 0 amide bonds. The molecule has 0 bridgehead atoms. The first-order valence-corrected chi connectivity index (χ1v) is 23.7. The topological polar surface area (TPSA) is 95.3 Å². The van der Waals surface area contributed by atoms with Crippen LogP contribution < -0.4 is 0 Å². The van der Waals surface area contributed by atoms with E-state index in [9.17, 15) is 0 Å². The third kappa shape index (κ3) is 10.4. The van der Waals surface area contributed by atoms with Gasteiger partial charge in [-0.25, -0.2) is 0 Å². The predicted molar refractivity (Wildman–Crippen MR) is 279 cm³/mol. The van der Waals surface area contributed by atoms with Crippen LogP contribution in [0.2, 0.25) is 0 Å². The largest absolute Gasteiger partial charge is 0.481 e. The van der Waals surface area contributed by atoms with Crippen LogP contribution in [0.15, 0.2) is 183 Å². The number of hydrogen-bond acceptors (Lipinski definition) is 4. The van der Waals surface area contributed by atoms with Crippen LogP contribution in [-0.4, -0.2) is 31.7 Å². The van der Waals surface area contributed by atoms with Crippen LogP contribution in [-0.2, 0) is 30.0 Å². The summed E-state index contributed by atoms with van der Waals surface area (Å²) in [6.07, 6.45) is 0. The number of aromatic amines is 1. The van der Waals surface area contributed by atoms with Crippen molar-refractivity contribution in [2.24, 2.45) is 0 Å². The van der Waals surface area contributed by atoms with Crippen molar-refractivity contribution in [1.82, 2.24) is 9.55 Å². The van der Waals surface area contributed by atoms with E-state index in [1.54, 1.807) is 0 Å². The predicted octanol–water partition coefficient (Wildman–Crippen LogP) is 17.0. The molecule has 0 spiro atoms. The number of aliphatic carboxylic acids is 2. The van der Waals surface area contributed by atoms with E-state index < -0.39 is 11.9 Å². The number of H-pyrrole nitrogens is 1. The van der Waals surface area contributed by atoms with Gasteiger partial charge >= 0.3 is 0 Å². The van der Waals surface area contributed by atoms with Gasteiger partial charge in [0, 0.05) is 126 Å². The summed E-state index contributed by atoms with van der Waals surface area (Å²) in [7, 11) is 0. The summed E-state index contributed by atoms with van der Waals surface area (Å²) in [5, 5.41) is 25.3. The van der Waals surface area contributed by atoms with E-state index in [-0.39, 0.29) is 20.4 Å². The number of aromatic nitrogens is 2. The Balaban J connectivity index is 0.000000141. The summed E-state index contributed by atoms with van der Waals surface area (Å²) >= 11 is 14.3. The van der Waals surface area contributed by atoms with Crippen LogP contribution in [0.4, 0.5) is 0 Å². The van der Waals surface area contributed by atoms with Crippen molar-refractivity contribution in [2.45, 2.75) is 13.8 Å². The molecule has 0 saturated carbocycles. The molecule has 322 valence electrons. The van der Waals surface area contributed by atoms with Crippen LogP contribution in [0.1, 0.15) is 13.8 Å². The minimum absolute atomic E-state index is 0. The zero-order chi connectivity index (χ0) is 44.2. The molecule has 3 N–H and O–H groups in total. The van der Waals surface area contributed by atoms with Crippen LogP contribution in [0.25, 0.3) is 89.6 Å². The van der Waals surface area contributed by atoms with Gasteiger partial charge in [0.2, 0.25) is 0 Å². The number of carbonyl (C=O) groups is 2. The number of halogens is 3. The van der Waals surface area contributed by atoms with E-state index in [0.717, 1.165) is 27.3 Å². The van der Waals surface area contributed by atoms with E-state index in [1.807, 2.05) is 22.7 Å². The second-order valence-corrected chi connectivity index (χ2v) is 19.3. The molecule has 12 heteroatoms. The fourth-order valence-corrected chi connectivity index (χ4v) is 10.8. The molecule has 0 saturated heterocycles. The van der Waals surface area contributed by atoms with Crippen molar-refractivity contribution in [3.8, 4) is 5.69 Å². The normalized spacial score (nSPS) is 10.7. The van der Waals surface area contributed by atoms with E-state index in [1.165, 1.54) is 89.6 Å². The number of carboxylic acid groups (broad SMARTS) is 2. The van der Waals surface area contributed by atoms with Crippen LogP contribution in [0.3, 0.4) is 0 Å². The molecular weight excluding hydrogens is 1130 g/mol. The van der Waals surface area contributed by atoms with Gasteiger partial charge in [-0.15, -0.1) is 22.7 Å². The Hall–Kier alpha value is -5.16. The van der Waals surface area contributed by atoms with Gasteiger partial charge in [-0.3, -0.25) is 9.59 Å². The van der Waals surface area contributed by atoms with Crippen molar-refractivity contribution in [3.63, 3.8) is 0 Å². The molecule has 0 unspecified atom stereocenters. The molecule has 0 aliphatic heterocycles. The monoisotopic (exact) mass is 1160 g/mol. The molecule has 4 aromatic heterocycles. The van der Waals surface area contributed by atoms with Gasteiger partial charge < -0.3 is 19.8 Å². The third-order valence-electron chi connectivity index (χ3n) is 10.1. The SMILES string of the molecule is Brc1ccc2sc3ccc(-n4c5ccccc5c5ccccc54)cc3c2c1.Brc1ccc2sc3ccc(Br)cc3c2c1.CC(=O)O.CC(=O)O.[Pd].c1ccc2c(c1)[nH]c1ccccc12. The Bertz CT molecular complexity index is 3450. The number of hydrogen-bond donors (Lipinski definition) is 3. The number of fused-ring (bicyclic) bond motifs is 12. The van der Waals surface area contributed by atoms with E-state index in [2.05, 4.69) is 227 Å². The average molecular weight is 1160 g/mol. The summed E-state index contributed by atoms with van der Waals surface area (Å²) in [4.78, 5) is 21.4. The Labute approximate surface area is 415 Å². The van der Waals surface area contributed by atoms with Crippen LogP contribution >= 0.6 is 70.5 Å². The Kier molecular flexibility index (Phi) is 15.2. The van der Waals surface area contributed by atoms with Gasteiger partial charge in [-0.2, -0.15) is 0 Å². The molecule has 0 aliphatic rings. The van der Waals surface area contributed by atoms with Crippen molar-refractivity contribution in [3.05, 3.63) is 183 Å². The maximum atomic E-state index is 9.00. The number of rotatable bonds is 1. The molecule has 0 radical (unpaired) electrons. The standard InChI is InChI=1S/C24H14BrNS.C12H6Br2S.C12H9N.2C2H4O2.Pd/c25-15-9-11-23-19(13-15)20-14-16(10-12-24(20)27-23)26-21-7-3-1-5-17(21)18-6-2-4-8-22(18)26;13-7-1-3-11-9(5-7)10-6-8(14)2-4-12(10)15-11;1-3-7-11-9(5-1)10-6-2-4-8-12(10)13-11;2*1-2(3)4;/h1-14H;1-6H;1-8,13H;2*1H3,(H,3,4);. The fourth-order valence-electron chi connectivity index (χ4n) is 7.60. The van der Waals surface area contributed by atoms with Gasteiger partial charge in [0.05, 0.1) is 11.0 Å². The summed E-state index contributed by atoms with van der Waals surface area (Å²) in [6.45, 7) is 2.17. The molecule has 8 aromatic carbocycles. The second kappa shape index (κ2) is 20.8. The third-order valence-corrected chi connectivity index (χ3v) is 13.8. The zero-order valence-electron chi connectivity index (χ0n) is 34.1. The van der Waals surface area contributed by atoms with Crippen molar-refractivity contribution in [1.29, 1.82) is 0 Å². The van der Waals surface area contributed by atoms with Crippen molar-refractivity contribution >= 4 is 166 Å². The van der Waals surface area contributed by atoms with E-state index in [0.29, 0.717) is 0 Å². The summed E-state index contributed by atoms with van der Waals surface area (Å²) in [5.74, 6) is -1.67. The Morgan fingerprint density at radius 3 is 1.14 bits per heavy atom. The van der Waals surface area contributed by atoms with Crippen molar-refractivity contribution < 1.29 is 40.2 Å². The van der Waals surface area contributed by atoms with Crippen LogP contribution in [0, 0.1) is 0 Å². The molecule has 64 heavy (non-hydrogen) atoms. The van der Waals surface area contributed by atoms with Gasteiger partial charge in [-0.1, -0.05) is 121 Å². The number of para-hydroxylation sites is 4. The first-order chi connectivity index (χ1) is 30.4. The molecular formula is C52H37Br3N2O4PdS2. The number of carboxylic acids is 2. The number of benzene rings is 8. The number of nitrogens with one attached hydrogen (secondary N) is 1. The molecule has 4 heterocycles. The second-order valence-electron chi connectivity index (χ2n) is 14.4. The summed E-state index contributed by atoms with van der Waals surface area (Å²) in [5.41, 5.74) is 6.13. The molecule has 12 rings (SSSR count). The van der Waals surface area contributed by atoms with Gasteiger partial charge in [0.1, 0.15) is 0 Å². The molecule has 12 aromatic rings. The first-order valence-electron chi connectivity index (χ1n) is 19.7. The van der Waals surface area contributed by atoms with E-state index in [4.69, 9.17) is 19.8 Å². The Morgan fingerprint density at radius 1 is 0.438 bits per heavy atom. The zero-order valence-corrected chi connectivity index (χ0v) is 42.0. The van der Waals surface area contributed by atoms with Crippen LogP contribution in [0.5, 0.6) is 0 Å². The molecule has 0 atom stereocenters. The number of nitrogens with zero attached hydrogens (tertiary/aromatic N) is 1. The maximum absolute atomic E-state index is 9.00. The molecule has 0 aliphatic carbocycles. The van der Waals surface area contributed by atoms with Gasteiger partial charge in [0.15, 0.2) is 0 Å². The van der Waals surface area contributed by atoms with Gasteiger partial charge in [0.25, 0.3) is 11.9 Å². The summed E-state index contributed by atoms with van der Waals surface area (Å²) in [6, 6.07) is 60.3. The smallest absolute Gasteiger partial charge is 0.300 e. The first kappa shape index (κ1) is 46.8. The van der Waals surface area contributed by atoms with E-state index >= 15 is 0 Å².